The van der Waals surface area contributed by atoms with Crippen molar-refractivity contribution in [2.75, 3.05) is 19.7 Å². The number of hydrogen-bond acceptors (Lipinski definition) is 3. The molecule has 2 unspecified atom stereocenters. The van der Waals surface area contributed by atoms with Crippen LogP contribution in [0.4, 0.5) is 4.79 Å². The van der Waals surface area contributed by atoms with Crippen LogP contribution in [0.2, 0.25) is 0 Å². The molecule has 2 aliphatic rings. The monoisotopic (exact) mass is 311 g/mol. The van der Waals surface area contributed by atoms with Crippen LogP contribution in [0.1, 0.15) is 52.9 Å². The fourth-order valence-corrected chi connectivity index (χ4v) is 3.43. The molecule has 2 rings (SSSR count). The van der Waals surface area contributed by atoms with E-state index in [1.807, 2.05) is 30.6 Å². The number of urea groups is 1. The molecule has 6 nitrogen and oxygen atoms in total. The summed E-state index contributed by atoms with van der Waals surface area (Å²) in [6.45, 7) is 7.45. The number of aliphatic hydroxyl groups excluding tert-OH is 1. The van der Waals surface area contributed by atoms with E-state index in [9.17, 15) is 9.59 Å². The third-order valence-corrected chi connectivity index (χ3v) is 4.61. The van der Waals surface area contributed by atoms with Crippen molar-refractivity contribution in [2.45, 2.75) is 70.5 Å². The highest BCUT2D eigenvalue weighted by Crippen LogP contribution is 2.23. The van der Waals surface area contributed by atoms with Crippen molar-refractivity contribution in [1.82, 2.24) is 15.1 Å². The molecule has 2 saturated heterocycles. The number of nitrogens with zero attached hydrogens (tertiary/aromatic N) is 2. The summed E-state index contributed by atoms with van der Waals surface area (Å²) < 4.78 is 0. The summed E-state index contributed by atoms with van der Waals surface area (Å²) in [5, 5.41) is 12.2. The van der Waals surface area contributed by atoms with Crippen molar-refractivity contribution in [1.29, 1.82) is 0 Å². The van der Waals surface area contributed by atoms with Gasteiger partial charge in [0.05, 0.1) is 6.04 Å². The van der Waals surface area contributed by atoms with E-state index in [0.29, 0.717) is 19.4 Å². The predicted molar refractivity (Wildman–Crippen MR) is 84.5 cm³/mol. The molecule has 0 spiro atoms. The summed E-state index contributed by atoms with van der Waals surface area (Å²) >= 11 is 0. The Labute approximate surface area is 132 Å². The van der Waals surface area contributed by atoms with Crippen LogP contribution in [-0.2, 0) is 4.79 Å². The van der Waals surface area contributed by atoms with Crippen LogP contribution in [-0.4, -0.2) is 64.2 Å². The summed E-state index contributed by atoms with van der Waals surface area (Å²) in [4.78, 5) is 28.3. The number of rotatable bonds is 3. The molecule has 0 aromatic carbocycles. The van der Waals surface area contributed by atoms with Crippen LogP contribution < -0.4 is 5.32 Å². The van der Waals surface area contributed by atoms with Gasteiger partial charge in [-0.3, -0.25) is 4.79 Å². The summed E-state index contributed by atoms with van der Waals surface area (Å²) in [6.07, 6.45) is 4.07. The van der Waals surface area contributed by atoms with Gasteiger partial charge in [0, 0.05) is 37.7 Å². The van der Waals surface area contributed by atoms with E-state index < -0.39 is 0 Å². The zero-order valence-electron chi connectivity index (χ0n) is 14.0. The van der Waals surface area contributed by atoms with Crippen LogP contribution in [0.3, 0.4) is 0 Å². The molecule has 2 N–H and O–H groups in total. The minimum Gasteiger partial charge on any atom is -0.396 e. The fourth-order valence-electron chi connectivity index (χ4n) is 3.43. The standard InChI is InChI=1S/C16H29N3O3/c1-16(2,3)19-11-12(10-14(19)21)17-15(22)18-8-5-4-6-13(18)7-9-20/h12-13,20H,4-11H2,1-3H3,(H,17,22). The number of piperidine rings is 1. The molecule has 2 atom stereocenters. The van der Waals surface area contributed by atoms with Crippen molar-refractivity contribution in [2.24, 2.45) is 0 Å². The van der Waals surface area contributed by atoms with Crippen LogP contribution >= 0.6 is 0 Å². The number of likely N-dealkylation sites (tertiary alicyclic amines) is 2. The number of hydrogen-bond donors (Lipinski definition) is 2. The van der Waals surface area contributed by atoms with Crippen LogP contribution in [0.25, 0.3) is 0 Å². The van der Waals surface area contributed by atoms with Crippen molar-refractivity contribution >= 4 is 11.9 Å². The van der Waals surface area contributed by atoms with E-state index in [-0.39, 0.29) is 36.2 Å². The number of aliphatic hydroxyl groups is 1. The quantitative estimate of drug-likeness (QED) is 0.826. The first kappa shape index (κ1) is 17.1. The lowest BCUT2D eigenvalue weighted by Gasteiger charge is -2.36. The van der Waals surface area contributed by atoms with Crippen LogP contribution in [0.5, 0.6) is 0 Å². The Bertz CT molecular complexity index is 417. The maximum atomic E-state index is 12.5. The summed E-state index contributed by atoms with van der Waals surface area (Å²) in [5.41, 5.74) is -0.207. The van der Waals surface area contributed by atoms with E-state index >= 15 is 0 Å². The molecule has 126 valence electrons. The molecular formula is C16H29N3O3. The highest BCUT2D eigenvalue weighted by atomic mass is 16.3. The summed E-state index contributed by atoms with van der Waals surface area (Å²) in [7, 11) is 0. The molecule has 2 heterocycles. The molecule has 0 aromatic rings. The van der Waals surface area contributed by atoms with Crippen LogP contribution in [0.15, 0.2) is 0 Å². The lowest BCUT2D eigenvalue weighted by atomic mass is 10.00. The second kappa shape index (κ2) is 6.86. The average Bonchev–Trinajstić information content (AvgIpc) is 2.80. The Hall–Kier alpha value is -1.30. The Morgan fingerprint density at radius 3 is 2.68 bits per heavy atom. The van der Waals surface area contributed by atoms with Gasteiger partial charge in [-0.1, -0.05) is 0 Å². The second-order valence-corrected chi connectivity index (χ2v) is 7.38. The van der Waals surface area contributed by atoms with Gasteiger partial charge >= 0.3 is 6.03 Å². The normalized spacial score (nSPS) is 26.5. The molecule has 0 aliphatic carbocycles. The van der Waals surface area contributed by atoms with Gasteiger partial charge in [0.1, 0.15) is 0 Å². The molecule has 2 aliphatic heterocycles. The van der Waals surface area contributed by atoms with E-state index in [0.717, 1.165) is 25.8 Å². The molecule has 3 amide bonds. The highest BCUT2D eigenvalue weighted by Gasteiger charge is 2.38. The van der Waals surface area contributed by atoms with Gasteiger partial charge in [0.25, 0.3) is 0 Å². The first-order chi connectivity index (χ1) is 10.3. The van der Waals surface area contributed by atoms with Crippen molar-refractivity contribution in [3.05, 3.63) is 0 Å². The van der Waals surface area contributed by atoms with Gasteiger partial charge < -0.3 is 20.2 Å². The van der Waals surface area contributed by atoms with E-state index in [1.165, 1.54) is 0 Å². The first-order valence-corrected chi connectivity index (χ1v) is 8.31. The van der Waals surface area contributed by atoms with E-state index in [1.54, 1.807) is 0 Å². The molecule has 2 fully saturated rings. The number of amides is 3. The first-order valence-electron chi connectivity index (χ1n) is 8.31. The Morgan fingerprint density at radius 1 is 1.36 bits per heavy atom. The van der Waals surface area contributed by atoms with Gasteiger partial charge in [-0.25, -0.2) is 4.79 Å². The van der Waals surface area contributed by atoms with E-state index in [4.69, 9.17) is 5.11 Å². The zero-order chi connectivity index (χ0) is 16.3. The van der Waals surface area contributed by atoms with Gasteiger partial charge in [-0.15, -0.1) is 0 Å². The van der Waals surface area contributed by atoms with Crippen molar-refractivity contribution in [3.63, 3.8) is 0 Å². The van der Waals surface area contributed by atoms with Gasteiger partial charge in [0.15, 0.2) is 0 Å². The number of nitrogens with one attached hydrogen (secondary N) is 1. The lowest BCUT2D eigenvalue weighted by molar-refractivity contribution is -0.131. The summed E-state index contributed by atoms with van der Waals surface area (Å²) in [5.74, 6) is 0.100. The van der Waals surface area contributed by atoms with Crippen LogP contribution in [0, 0.1) is 0 Å². The number of carbonyl (C=O) groups is 2. The van der Waals surface area contributed by atoms with Crippen molar-refractivity contribution in [3.8, 4) is 0 Å². The SMILES string of the molecule is CC(C)(C)N1CC(NC(=O)N2CCCCC2CCO)CC1=O. The van der Waals surface area contributed by atoms with E-state index in [2.05, 4.69) is 5.32 Å². The number of carbonyl (C=O) groups excluding carboxylic acids is 2. The molecule has 0 aromatic heterocycles. The summed E-state index contributed by atoms with van der Waals surface area (Å²) in [6, 6.07) is -0.0859. The Balaban J connectivity index is 1.93. The average molecular weight is 311 g/mol. The molecule has 22 heavy (non-hydrogen) atoms. The van der Waals surface area contributed by atoms with Gasteiger partial charge in [-0.2, -0.15) is 0 Å². The maximum absolute atomic E-state index is 12.5. The maximum Gasteiger partial charge on any atom is 0.317 e. The smallest absolute Gasteiger partial charge is 0.317 e. The molecular weight excluding hydrogens is 282 g/mol. The fraction of sp³-hybridized carbons (Fsp3) is 0.875. The molecule has 6 heteroatoms. The highest BCUT2D eigenvalue weighted by molar-refractivity contribution is 5.82. The zero-order valence-corrected chi connectivity index (χ0v) is 14.0. The molecule has 0 saturated carbocycles. The van der Waals surface area contributed by atoms with Gasteiger partial charge in [0.2, 0.25) is 5.91 Å². The Kier molecular flexibility index (Phi) is 5.32. The second-order valence-electron chi connectivity index (χ2n) is 7.38. The molecule has 0 radical (unpaired) electrons. The van der Waals surface area contributed by atoms with Crippen molar-refractivity contribution < 1.29 is 14.7 Å². The van der Waals surface area contributed by atoms with Gasteiger partial charge in [-0.05, 0) is 46.5 Å². The third kappa shape index (κ3) is 3.91. The third-order valence-electron chi connectivity index (χ3n) is 4.61. The minimum atomic E-state index is -0.207. The largest absolute Gasteiger partial charge is 0.396 e. The minimum absolute atomic E-state index is 0.0910. The Morgan fingerprint density at radius 2 is 2.09 bits per heavy atom. The lowest BCUT2D eigenvalue weighted by Crippen LogP contribution is -2.52. The predicted octanol–water partition coefficient (Wildman–Crippen LogP) is 1.33. The molecule has 0 bridgehead atoms. The topological polar surface area (TPSA) is 72.9 Å².